The molecule has 3 atom stereocenters. The Hall–Kier alpha value is -1.95. The van der Waals surface area contributed by atoms with Gasteiger partial charge in [0, 0.05) is 5.41 Å². The highest BCUT2D eigenvalue weighted by atomic mass is 17.3. The molecule has 0 N–H and O–H groups in total. The van der Waals surface area contributed by atoms with Crippen LogP contribution in [-0.2, 0) is 19.2 Å². The summed E-state index contributed by atoms with van der Waals surface area (Å²) in [4.78, 5) is 23.6. The Bertz CT molecular complexity index is 824. The van der Waals surface area contributed by atoms with E-state index in [1.807, 2.05) is 30.4 Å². The first kappa shape index (κ1) is 19.4. The minimum Gasteiger partial charge on any atom is -0.462 e. The van der Waals surface area contributed by atoms with Crippen molar-refractivity contribution in [1.82, 2.24) is 0 Å². The summed E-state index contributed by atoms with van der Waals surface area (Å²) >= 11 is 0. The number of esters is 1. The maximum atomic E-state index is 11.8. The van der Waals surface area contributed by atoms with E-state index in [1.165, 1.54) is 0 Å². The van der Waals surface area contributed by atoms with Crippen LogP contribution < -0.4 is 0 Å². The van der Waals surface area contributed by atoms with Gasteiger partial charge in [0.2, 0.25) is 5.79 Å². The van der Waals surface area contributed by atoms with Gasteiger partial charge in [-0.2, -0.15) is 4.89 Å². The highest BCUT2D eigenvalue weighted by Gasteiger charge is 2.68. The number of benzene rings is 1. The Balaban J connectivity index is 1.57. The number of carbonyl (C=O) groups excluding carboxylic acids is 1. The van der Waals surface area contributed by atoms with Crippen LogP contribution in [-0.4, -0.2) is 29.6 Å². The molecule has 3 aliphatic heterocycles. The number of ether oxygens (including phenoxy) is 2. The molecule has 150 valence electrons. The molecule has 5 rings (SSSR count). The van der Waals surface area contributed by atoms with Gasteiger partial charge in [-0.25, -0.2) is 9.68 Å². The molecule has 0 amide bonds. The fraction of sp³-hybridized carbons (Fsp3) is 0.522. The number of rotatable bonds is 4. The Kier molecular flexibility index (Phi) is 4.53. The molecule has 3 unspecified atom stereocenters. The summed E-state index contributed by atoms with van der Waals surface area (Å²) in [6.07, 6.45) is 10.9. The SMILES string of the molecule is CCOC(=O)c1ccc(/C=C/C23C=CC4(OO2)C(C)(C)CCCC4(C)O3)cc1. The third-order valence-corrected chi connectivity index (χ3v) is 6.42. The monoisotopic (exact) mass is 384 g/mol. The quantitative estimate of drug-likeness (QED) is 0.423. The smallest absolute Gasteiger partial charge is 0.338 e. The number of fused-ring (bicyclic) bond motifs is 1. The molecule has 4 aliphatic rings. The average Bonchev–Trinajstić information content (AvgIpc) is 2.67. The molecule has 1 aromatic rings. The van der Waals surface area contributed by atoms with Crippen LogP contribution in [0.15, 0.2) is 42.5 Å². The molecule has 5 nitrogen and oxygen atoms in total. The first-order chi connectivity index (χ1) is 13.2. The van der Waals surface area contributed by atoms with Gasteiger partial charge in [0.15, 0.2) is 5.60 Å². The molecule has 1 saturated heterocycles. The second-order valence-corrected chi connectivity index (χ2v) is 8.70. The van der Waals surface area contributed by atoms with Gasteiger partial charge in [-0.05, 0) is 69.0 Å². The van der Waals surface area contributed by atoms with Gasteiger partial charge in [0.05, 0.1) is 12.2 Å². The van der Waals surface area contributed by atoms with Crippen LogP contribution in [0.5, 0.6) is 0 Å². The van der Waals surface area contributed by atoms with Gasteiger partial charge >= 0.3 is 5.97 Å². The maximum Gasteiger partial charge on any atom is 0.338 e. The van der Waals surface area contributed by atoms with Crippen LogP contribution in [0, 0.1) is 5.41 Å². The van der Waals surface area contributed by atoms with Gasteiger partial charge in [0.1, 0.15) is 5.60 Å². The fourth-order valence-corrected chi connectivity index (χ4v) is 4.78. The Morgan fingerprint density at radius 1 is 1.11 bits per heavy atom. The van der Waals surface area contributed by atoms with Gasteiger partial charge in [-0.3, -0.25) is 0 Å². The van der Waals surface area contributed by atoms with E-state index in [9.17, 15) is 4.79 Å². The van der Waals surface area contributed by atoms with E-state index >= 15 is 0 Å². The fourth-order valence-electron chi connectivity index (χ4n) is 4.78. The van der Waals surface area contributed by atoms with Gasteiger partial charge < -0.3 is 9.47 Å². The van der Waals surface area contributed by atoms with Crippen LogP contribution in [0.3, 0.4) is 0 Å². The molecule has 5 heteroatoms. The zero-order chi connectivity index (χ0) is 20.0. The zero-order valence-electron chi connectivity index (χ0n) is 17.0. The van der Waals surface area contributed by atoms with Crippen molar-refractivity contribution in [3.05, 3.63) is 53.6 Å². The lowest BCUT2D eigenvalue weighted by atomic mass is 9.57. The van der Waals surface area contributed by atoms with Crippen molar-refractivity contribution < 1.29 is 24.0 Å². The lowest BCUT2D eigenvalue weighted by Crippen LogP contribution is -2.73. The third-order valence-electron chi connectivity index (χ3n) is 6.42. The summed E-state index contributed by atoms with van der Waals surface area (Å²) in [6, 6.07) is 7.24. The molecule has 0 aromatic heterocycles. The third kappa shape index (κ3) is 2.84. The largest absolute Gasteiger partial charge is 0.462 e. The van der Waals surface area contributed by atoms with E-state index in [0.29, 0.717) is 12.2 Å². The van der Waals surface area contributed by atoms with Crippen molar-refractivity contribution in [3.63, 3.8) is 0 Å². The van der Waals surface area contributed by atoms with Crippen LogP contribution in [0.4, 0.5) is 0 Å². The molecule has 1 saturated carbocycles. The molecule has 1 spiro atoms. The summed E-state index contributed by atoms with van der Waals surface area (Å²) in [5, 5.41) is 0. The van der Waals surface area contributed by atoms with E-state index in [0.717, 1.165) is 24.8 Å². The minimum atomic E-state index is -1.04. The predicted octanol–water partition coefficient (Wildman–Crippen LogP) is 4.83. The van der Waals surface area contributed by atoms with Crippen molar-refractivity contribution in [2.45, 2.75) is 63.9 Å². The average molecular weight is 384 g/mol. The van der Waals surface area contributed by atoms with Crippen LogP contribution in [0.25, 0.3) is 6.08 Å². The number of hydrogen-bond acceptors (Lipinski definition) is 5. The van der Waals surface area contributed by atoms with E-state index in [4.69, 9.17) is 19.2 Å². The van der Waals surface area contributed by atoms with Crippen molar-refractivity contribution in [1.29, 1.82) is 0 Å². The number of carbonyl (C=O) groups is 1. The van der Waals surface area contributed by atoms with Crippen LogP contribution >= 0.6 is 0 Å². The molecule has 1 aromatic carbocycles. The van der Waals surface area contributed by atoms with Crippen molar-refractivity contribution >= 4 is 12.0 Å². The molecule has 1 aliphatic carbocycles. The van der Waals surface area contributed by atoms with E-state index in [-0.39, 0.29) is 11.4 Å². The Morgan fingerprint density at radius 3 is 2.50 bits per heavy atom. The van der Waals surface area contributed by atoms with Gasteiger partial charge in [-0.15, -0.1) is 0 Å². The highest BCUT2D eigenvalue weighted by molar-refractivity contribution is 5.89. The van der Waals surface area contributed by atoms with E-state index < -0.39 is 17.0 Å². The highest BCUT2D eigenvalue weighted by Crippen LogP contribution is 2.60. The maximum absolute atomic E-state index is 11.8. The zero-order valence-corrected chi connectivity index (χ0v) is 17.0. The van der Waals surface area contributed by atoms with Crippen molar-refractivity contribution in [2.75, 3.05) is 6.61 Å². The summed E-state index contributed by atoms with van der Waals surface area (Å²) < 4.78 is 11.5. The Labute approximate surface area is 166 Å². The minimum absolute atomic E-state index is 0.0737. The van der Waals surface area contributed by atoms with Gasteiger partial charge in [0.25, 0.3) is 0 Å². The number of hydrogen-bond donors (Lipinski definition) is 0. The summed E-state index contributed by atoms with van der Waals surface area (Å²) in [5.74, 6) is -1.35. The van der Waals surface area contributed by atoms with Crippen LogP contribution in [0.1, 0.15) is 62.9 Å². The molecular formula is C23H28O5. The Morgan fingerprint density at radius 2 is 1.86 bits per heavy atom. The molecule has 0 radical (unpaired) electrons. The lowest BCUT2D eigenvalue weighted by Gasteiger charge is -2.64. The normalized spacial score (nSPS) is 35.7. The van der Waals surface area contributed by atoms with E-state index in [1.54, 1.807) is 19.1 Å². The van der Waals surface area contributed by atoms with Crippen LogP contribution in [0.2, 0.25) is 0 Å². The molecular weight excluding hydrogens is 356 g/mol. The molecule has 3 heterocycles. The van der Waals surface area contributed by atoms with Crippen molar-refractivity contribution in [2.24, 2.45) is 5.41 Å². The van der Waals surface area contributed by atoms with Crippen molar-refractivity contribution in [3.8, 4) is 0 Å². The first-order valence-corrected chi connectivity index (χ1v) is 9.99. The summed E-state index contributed by atoms with van der Waals surface area (Å²) in [7, 11) is 0. The second-order valence-electron chi connectivity index (χ2n) is 8.70. The van der Waals surface area contributed by atoms with E-state index in [2.05, 4.69) is 26.8 Å². The molecule has 2 bridgehead atoms. The second kappa shape index (κ2) is 6.55. The first-order valence-electron chi connectivity index (χ1n) is 9.99. The lowest BCUT2D eigenvalue weighted by molar-refractivity contribution is -0.540. The molecule has 28 heavy (non-hydrogen) atoms. The summed E-state index contributed by atoms with van der Waals surface area (Å²) in [6.45, 7) is 8.69. The topological polar surface area (TPSA) is 54.0 Å². The van der Waals surface area contributed by atoms with Gasteiger partial charge in [-0.1, -0.05) is 32.1 Å². The summed E-state index contributed by atoms with van der Waals surface area (Å²) in [5.41, 5.74) is 0.370. The predicted molar refractivity (Wildman–Crippen MR) is 105 cm³/mol. The molecule has 2 fully saturated rings. The standard InChI is InChI=1S/C23H28O5/c1-5-25-19(24)18-9-7-17(8-10-18)11-14-22-15-16-23(28-27-22)20(2,3)12-6-13-21(23,4)26-22/h7-11,14-16H,5-6,12-13H2,1-4H3/b14-11+.